The number of aliphatic hydroxyl groups is 1. The lowest BCUT2D eigenvalue weighted by Gasteiger charge is -2.23. The zero-order valence-corrected chi connectivity index (χ0v) is 19.6. The predicted molar refractivity (Wildman–Crippen MR) is 127 cm³/mol. The first-order valence-electron chi connectivity index (χ1n) is 10.6. The van der Waals surface area contributed by atoms with Gasteiger partial charge >= 0.3 is 0 Å². The van der Waals surface area contributed by atoms with Gasteiger partial charge in [0.05, 0.1) is 35.3 Å². The third-order valence-corrected chi connectivity index (χ3v) is 6.12. The number of aliphatic hydroxyl groups excluding tert-OH is 1. The van der Waals surface area contributed by atoms with E-state index >= 15 is 0 Å². The lowest BCUT2D eigenvalue weighted by Crippen LogP contribution is -2.30. The van der Waals surface area contributed by atoms with Gasteiger partial charge in [-0.1, -0.05) is 22.9 Å². The maximum Gasteiger partial charge on any atom is 0.163 e. The minimum atomic E-state index is -0.646. The van der Waals surface area contributed by atoms with Gasteiger partial charge in [0, 0.05) is 18.0 Å². The van der Waals surface area contributed by atoms with Crippen LogP contribution in [0.5, 0.6) is 5.75 Å². The number of piperidine rings is 1. The van der Waals surface area contributed by atoms with E-state index in [-0.39, 0.29) is 19.0 Å². The zero-order valence-electron chi connectivity index (χ0n) is 18.1. The molecule has 0 amide bonds. The Hall–Kier alpha value is -2.72. The Labute approximate surface area is 202 Å². The van der Waals surface area contributed by atoms with Crippen molar-refractivity contribution in [1.82, 2.24) is 34.9 Å². The molecular formula is C22H25Cl2N7O2. The maximum atomic E-state index is 9.96. The Balaban J connectivity index is 0.00000259. The number of hydrogen-bond acceptors (Lipinski definition) is 7. The molecular weight excluding hydrogens is 465 g/mol. The number of rotatable bonds is 6. The highest BCUT2D eigenvalue weighted by Gasteiger charge is 2.23. The topological polar surface area (TPSA) is 102 Å². The normalized spacial score (nSPS) is 15.4. The summed E-state index contributed by atoms with van der Waals surface area (Å²) < 4.78 is 9.89. The van der Waals surface area contributed by atoms with Crippen LogP contribution in [0.3, 0.4) is 0 Å². The van der Waals surface area contributed by atoms with Crippen molar-refractivity contribution < 1.29 is 9.84 Å². The highest BCUT2D eigenvalue weighted by Crippen LogP contribution is 2.35. The molecule has 1 atom stereocenters. The number of ether oxygens (including phenoxy) is 1. The zero-order chi connectivity index (χ0) is 22.1. The quantitative estimate of drug-likeness (QED) is 0.427. The van der Waals surface area contributed by atoms with Crippen molar-refractivity contribution in [2.45, 2.75) is 31.9 Å². The minimum absolute atomic E-state index is 0. The van der Waals surface area contributed by atoms with Crippen LogP contribution in [0.4, 0.5) is 0 Å². The molecule has 0 radical (unpaired) electrons. The number of nitrogens with zero attached hydrogens (tertiary/aromatic N) is 6. The third kappa shape index (κ3) is 4.54. The van der Waals surface area contributed by atoms with Crippen LogP contribution in [-0.4, -0.2) is 54.4 Å². The Morgan fingerprint density at radius 3 is 2.85 bits per heavy atom. The predicted octanol–water partition coefficient (Wildman–Crippen LogP) is 3.41. The van der Waals surface area contributed by atoms with Gasteiger partial charge in [-0.05, 0) is 51.1 Å². The molecule has 0 aromatic carbocycles. The van der Waals surface area contributed by atoms with Gasteiger partial charge < -0.3 is 15.2 Å². The summed E-state index contributed by atoms with van der Waals surface area (Å²) in [5, 5.41) is 27.1. The van der Waals surface area contributed by atoms with Crippen molar-refractivity contribution in [2.24, 2.45) is 0 Å². The van der Waals surface area contributed by atoms with Crippen LogP contribution >= 0.6 is 24.0 Å². The minimum Gasteiger partial charge on any atom is -0.479 e. The maximum absolute atomic E-state index is 9.96. The van der Waals surface area contributed by atoms with Gasteiger partial charge in [0.15, 0.2) is 6.10 Å². The van der Waals surface area contributed by atoms with E-state index in [1.165, 1.54) is 0 Å². The van der Waals surface area contributed by atoms with Crippen LogP contribution in [0.15, 0.2) is 42.9 Å². The number of aromatic nitrogens is 6. The Morgan fingerprint density at radius 1 is 1.30 bits per heavy atom. The van der Waals surface area contributed by atoms with Gasteiger partial charge in [-0.25, -0.2) is 9.20 Å². The van der Waals surface area contributed by atoms with Crippen LogP contribution in [0.25, 0.3) is 16.8 Å². The summed E-state index contributed by atoms with van der Waals surface area (Å²) in [5.74, 6) is 0.491. The van der Waals surface area contributed by atoms with Crippen LogP contribution < -0.4 is 10.1 Å². The van der Waals surface area contributed by atoms with Crippen molar-refractivity contribution in [1.29, 1.82) is 0 Å². The van der Waals surface area contributed by atoms with Gasteiger partial charge in [-0.3, -0.25) is 4.98 Å². The molecule has 4 aromatic rings. The summed E-state index contributed by atoms with van der Waals surface area (Å²) in [7, 11) is 0. The van der Waals surface area contributed by atoms with E-state index < -0.39 is 6.10 Å². The molecule has 9 nitrogen and oxygen atoms in total. The van der Waals surface area contributed by atoms with Crippen LogP contribution in [0.1, 0.15) is 36.4 Å². The van der Waals surface area contributed by atoms with E-state index in [1.807, 2.05) is 42.1 Å². The third-order valence-electron chi connectivity index (χ3n) is 5.84. The first-order chi connectivity index (χ1) is 15.7. The lowest BCUT2D eigenvalue weighted by molar-refractivity contribution is 0.114. The van der Waals surface area contributed by atoms with E-state index in [9.17, 15) is 5.11 Å². The fourth-order valence-corrected chi connectivity index (χ4v) is 4.41. The van der Waals surface area contributed by atoms with E-state index in [1.54, 1.807) is 16.9 Å². The Kier molecular flexibility index (Phi) is 7.14. The molecule has 1 fully saturated rings. The molecule has 0 saturated carbocycles. The average molecular weight is 490 g/mol. The van der Waals surface area contributed by atoms with Crippen LogP contribution in [0, 0.1) is 6.92 Å². The SMILES string of the molecule is Cc1c(-c2cc(OC(CO)c3ccccn3)c3c(Cl)cnn3c2)nnn1C1CCNCC1.Cl. The fourth-order valence-electron chi connectivity index (χ4n) is 4.18. The van der Waals surface area contributed by atoms with Gasteiger partial charge in [0.25, 0.3) is 0 Å². The molecule has 33 heavy (non-hydrogen) atoms. The molecule has 1 unspecified atom stereocenters. The molecule has 174 valence electrons. The standard InChI is InChI=1S/C22H24ClN7O2.ClH/c1-14-21(27-28-30(14)16-5-8-24-9-6-16)15-10-19(22-17(23)11-26-29(22)12-15)32-20(13-31)18-4-2-3-7-25-18;/h2-4,7,10-12,16,20,24,31H,5-6,8-9,13H2,1H3;1H. The van der Waals surface area contributed by atoms with Crippen molar-refractivity contribution in [3.63, 3.8) is 0 Å². The number of halogens is 2. The molecule has 1 aliphatic rings. The summed E-state index contributed by atoms with van der Waals surface area (Å²) >= 11 is 6.41. The van der Waals surface area contributed by atoms with Gasteiger partial charge in [0.2, 0.25) is 0 Å². The molecule has 5 rings (SSSR count). The Bertz CT molecular complexity index is 1220. The molecule has 4 aromatic heterocycles. The first kappa shape index (κ1) is 23.4. The molecule has 5 heterocycles. The summed E-state index contributed by atoms with van der Waals surface area (Å²) in [6.45, 7) is 3.75. The van der Waals surface area contributed by atoms with Gasteiger partial charge in [0.1, 0.15) is 17.0 Å². The lowest BCUT2D eigenvalue weighted by atomic mass is 10.1. The molecule has 0 bridgehead atoms. The molecule has 1 saturated heterocycles. The second-order valence-corrected chi connectivity index (χ2v) is 8.28. The van der Waals surface area contributed by atoms with Gasteiger partial charge in [-0.15, -0.1) is 17.5 Å². The van der Waals surface area contributed by atoms with Crippen LogP contribution in [-0.2, 0) is 0 Å². The second kappa shape index (κ2) is 10.0. The van der Waals surface area contributed by atoms with E-state index in [0.717, 1.165) is 42.9 Å². The number of pyridine rings is 2. The molecule has 11 heteroatoms. The molecule has 1 aliphatic heterocycles. The summed E-state index contributed by atoms with van der Waals surface area (Å²) in [4.78, 5) is 4.31. The summed E-state index contributed by atoms with van der Waals surface area (Å²) in [6.07, 6.45) is 6.50. The monoisotopic (exact) mass is 489 g/mol. The highest BCUT2D eigenvalue weighted by molar-refractivity contribution is 6.34. The smallest absolute Gasteiger partial charge is 0.163 e. The molecule has 0 spiro atoms. The van der Waals surface area contributed by atoms with Crippen molar-refractivity contribution in [3.05, 3.63) is 59.3 Å². The fraction of sp³-hybridized carbons (Fsp3) is 0.364. The molecule has 2 N–H and O–H groups in total. The highest BCUT2D eigenvalue weighted by atomic mass is 35.5. The largest absolute Gasteiger partial charge is 0.479 e. The van der Waals surface area contributed by atoms with Crippen LogP contribution in [0.2, 0.25) is 5.02 Å². The number of hydrogen-bond donors (Lipinski definition) is 2. The van der Waals surface area contributed by atoms with Crippen molar-refractivity contribution in [3.8, 4) is 17.0 Å². The molecule has 0 aliphatic carbocycles. The van der Waals surface area contributed by atoms with Gasteiger partial charge in [-0.2, -0.15) is 5.10 Å². The van der Waals surface area contributed by atoms with Crippen molar-refractivity contribution >= 4 is 29.5 Å². The van der Waals surface area contributed by atoms with Crippen molar-refractivity contribution in [2.75, 3.05) is 19.7 Å². The number of fused-ring (bicyclic) bond motifs is 1. The second-order valence-electron chi connectivity index (χ2n) is 7.87. The first-order valence-corrected chi connectivity index (χ1v) is 11.0. The summed E-state index contributed by atoms with van der Waals surface area (Å²) in [5.41, 5.74) is 3.81. The Morgan fingerprint density at radius 2 is 2.12 bits per heavy atom. The van der Waals surface area contributed by atoms with E-state index in [0.29, 0.717) is 28.0 Å². The summed E-state index contributed by atoms with van der Waals surface area (Å²) in [6, 6.07) is 7.69. The number of nitrogens with one attached hydrogen (secondary N) is 1. The average Bonchev–Trinajstić information content (AvgIpc) is 3.41. The van der Waals surface area contributed by atoms with E-state index in [2.05, 4.69) is 25.7 Å². The van der Waals surface area contributed by atoms with E-state index in [4.69, 9.17) is 16.3 Å².